The van der Waals surface area contributed by atoms with Crippen LogP contribution in [-0.2, 0) is 4.79 Å². The summed E-state index contributed by atoms with van der Waals surface area (Å²) in [6, 6.07) is 9.30. The van der Waals surface area contributed by atoms with Gasteiger partial charge in [-0.25, -0.2) is 0 Å². The van der Waals surface area contributed by atoms with Crippen LogP contribution in [0.2, 0.25) is 0 Å². The molecule has 7 heteroatoms. The third kappa shape index (κ3) is 4.45. The van der Waals surface area contributed by atoms with Gasteiger partial charge in [-0.2, -0.15) is 0 Å². The molecule has 1 saturated heterocycles. The highest BCUT2D eigenvalue weighted by atomic mass is 16.5. The van der Waals surface area contributed by atoms with Crippen LogP contribution >= 0.6 is 0 Å². The van der Waals surface area contributed by atoms with Crippen LogP contribution in [0.5, 0.6) is 0 Å². The maximum atomic E-state index is 12.5. The summed E-state index contributed by atoms with van der Waals surface area (Å²) >= 11 is 0. The monoisotopic (exact) mass is 342 g/mol. The van der Waals surface area contributed by atoms with Gasteiger partial charge in [-0.1, -0.05) is 22.9 Å². The highest BCUT2D eigenvalue weighted by molar-refractivity contribution is 5.94. The molecule has 1 N–H and O–H groups in total. The first kappa shape index (κ1) is 17.2. The fraction of sp³-hybridized carbons (Fsp3) is 0.389. The predicted octanol–water partition coefficient (Wildman–Crippen LogP) is 1.69. The summed E-state index contributed by atoms with van der Waals surface area (Å²) in [5.74, 6) is 0.993. The van der Waals surface area contributed by atoms with Crippen molar-refractivity contribution < 1.29 is 14.1 Å². The first-order chi connectivity index (χ1) is 12.0. The Labute approximate surface area is 146 Å². The Morgan fingerprint density at radius 1 is 1.16 bits per heavy atom. The molecule has 0 spiro atoms. The van der Waals surface area contributed by atoms with Crippen LogP contribution in [0.1, 0.15) is 21.7 Å². The summed E-state index contributed by atoms with van der Waals surface area (Å²) in [4.78, 5) is 28.5. The van der Waals surface area contributed by atoms with Crippen molar-refractivity contribution in [1.82, 2.24) is 15.0 Å². The Morgan fingerprint density at radius 2 is 1.92 bits per heavy atom. The van der Waals surface area contributed by atoms with E-state index < -0.39 is 0 Å². The third-order valence-electron chi connectivity index (χ3n) is 4.19. The maximum absolute atomic E-state index is 12.5. The number of carbonyl (C=O) groups is 2. The zero-order valence-corrected chi connectivity index (χ0v) is 14.5. The topological polar surface area (TPSA) is 78.7 Å². The van der Waals surface area contributed by atoms with Crippen LogP contribution in [0.25, 0.3) is 0 Å². The van der Waals surface area contributed by atoms with E-state index in [0.717, 1.165) is 5.56 Å². The minimum atomic E-state index is -0.133. The van der Waals surface area contributed by atoms with E-state index in [0.29, 0.717) is 43.3 Å². The van der Waals surface area contributed by atoms with Gasteiger partial charge in [-0.05, 0) is 26.0 Å². The van der Waals surface area contributed by atoms with Crippen molar-refractivity contribution in [2.75, 3.05) is 38.0 Å². The SMILES string of the molecule is Cc1cccc(C(=O)N2CCN(CC(=O)Nc3cc(C)on3)CC2)c1. The molecule has 0 unspecified atom stereocenters. The molecular weight excluding hydrogens is 320 g/mol. The fourth-order valence-electron chi connectivity index (χ4n) is 2.88. The largest absolute Gasteiger partial charge is 0.360 e. The molecule has 0 bridgehead atoms. The summed E-state index contributed by atoms with van der Waals surface area (Å²) < 4.78 is 4.92. The fourth-order valence-corrected chi connectivity index (χ4v) is 2.88. The average Bonchev–Trinajstić information content (AvgIpc) is 2.99. The molecule has 0 saturated carbocycles. The van der Waals surface area contributed by atoms with Gasteiger partial charge < -0.3 is 14.7 Å². The molecule has 1 aromatic carbocycles. The van der Waals surface area contributed by atoms with E-state index in [4.69, 9.17) is 4.52 Å². The Hall–Kier alpha value is -2.67. The number of hydrogen-bond donors (Lipinski definition) is 1. The number of aromatic nitrogens is 1. The number of anilines is 1. The minimum Gasteiger partial charge on any atom is -0.360 e. The van der Waals surface area contributed by atoms with Gasteiger partial charge in [0.05, 0.1) is 6.54 Å². The standard InChI is InChI=1S/C18H22N4O3/c1-13-4-3-5-15(10-13)18(24)22-8-6-21(7-9-22)12-17(23)19-16-11-14(2)25-20-16/h3-5,10-11H,6-9,12H2,1-2H3,(H,19,20,23). The number of nitrogens with one attached hydrogen (secondary N) is 1. The Kier molecular flexibility index (Phi) is 5.14. The van der Waals surface area contributed by atoms with Crippen molar-refractivity contribution >= 4 is 17.6 Å². The Balaban J connectivity index is 1.48. The molecule has 0 atom stereocenters. The van der Waals surface area contributed by atoms with E-state index in [1.165, 1.54) is 0 Å². The van der Waals surface area contributed by atoms with E-state index in [-0.39, 0.29) is 18.4 Å². The minimum absolute atomic E-state index is 0.0471. The first-order valence-corrected chi connectivity index (χ1v) is 8.33. The third-order valence-corrected chi connectivity index (χ3v) is 4.19. The molecule has 132 valence electrons. The van der Waals surface area contributed by atoms with Crippen LogP contribution in [0.3, 0.4) is 0 Å². The van der Waals surface area contributed by atoms with Gasteiger partial charge in [0, 0.05) is 37.8 Å². The average molecular weight is 342 g/mol. The molecule has 2 aromatic rings. The predicted molar refractivity (Wildman–Crippen MR) is 93.4 cm³/mol. The molecule has 1 fully saturated rings. The van der Waals surface area contributed by atoms with Gasteiger partial charge in [0.15, 0.2) is 5.82 Å². The smallest absolute Gasteiger partial charge is 0.253 e. The lowest BCUT2D eigenvalue weighted by atomic mass is 10.1. The lowest BCUT2D eigenvalue weighted by Gasteiger charge is -2.34. The van der Waals surface area contributed by atoms with Crippen molar-refractivity contribution in [2.45, 2.75) is 13.8 Å². The highest BCUT2D eigenvalue weighted by Gasteiger charge is 2.23. The van der Waals surface area contributed by atoms with Gasteiger partial charge in [0.2, 0.25) is 5.91 Å². The number of carbonyl (C=O) groups excluding carboxylic acids is 2. The highest BCUT2D eigenvalue weighted by Crippen LogP contribution is 2.11. The lowest BCUT2D eigenvalue weighted by molar-refractivity contribution is -0.117. The number of aryl methyl sites for hydroxylation is 2. The van der Waals surface area contributed by atoms with E-state index in [9.17, 15) is 9.59 Å². The van der Waals surface area contributed by atoms with Crippen LogP contribution in [0.4, 0.5) is 5.82 Å². The van der Waals surface area contributed by atoms with Crippen molar-refractivity contribution in [1.29, 1.82) is 0 Å². The van der Waals surface area contributed by atoms with Gasteiger partial charge in [0.1, 0.15) is 5.76 Å². The second-order valence-electron chi connectivity index (χ2n) is 6.31. The molecule has 25 heavy (non-hydrogen) atoms. The number of nitrogens with zero attached hydrogens (tertiary/aromatic N) is 3. The number of piperazine rings is 1. The summed E-state index contributed by atoms with van der Waals surface area (Å²) in [6.45, 7) is 6.59. The van der Waals surface area contributed by atoms with E-state index in [1.54, 1.807) is 13.0 Å². The molecule has 7 nitrogen and oxygen atoms in total. The number of hydrogen-bond acceptors (Lipinski definition) is 5. The van der Waals surface area contributed by atoms with Crippen molar-refractivity contribution in [2.24, 2.45) is 0 Å². The second kappa shape index (κ2) is 7.48. The van der Waals surface area contributed by atoms with E-state index >= 15 is 0 Å². The number of amides is 2. The molecular formula is C18H22N4O3. The maximum Gasteiger partial charge on any atom is 0.253 e. The first-order valence-electron chi connectivity index (χ1n) is 8.33. The van der Waals surface area contributed by atoms with Crippen molar-refractivity contribution in [3.63, 3.8) is 0 Å². The van der Waals surface area contributed by atoms with E-state index in [1.807, 2.05) is 41.0 Å². The van der Waals surface area contributed by atoms with Gasteiger partial charge in [-0.15, -0.1) is 0 Å². The van der Waals surface area contributed by atoms with Crippen LogP contribution in [-0.4, -0.2) is 59.5 Å². The number of rotatable bonds is 4. The zero-order valence-electron chi connectivity index (χ0n) is 14.5. The molecule has 1 aromatic heterocycles. The molecule has 2 heterocycles. The van der Waals surface area contributed by atoms with Crippen LogP contribution in [0, 0.1) is 13.8 Å². The summed E-state index contributed by atoms with van der Waals surface area (Å²) in [5.41, 5.74) is 1.79. The Bertz CT molecular complexity index is 763. The van der Waals surface area contributed by atoms with Crippen molar-refractivity contribution in [3.8, 4) is 0 Å². The van der Waals surface area contributed by atoms with E-state index in [2.05, 4.69) is 10.5 Å². The van der Waals surface area contributed by atoms with Gasteiger partial charge >= 0.3 is 0 Å². The summed E-state index contributed by atoms with van der Waals surface area (Å²) in [7, 11) is 0. The zero-order chi connectivity index (χ0) is 17.8. The molecule has 0 aliphatic carbocycles. The van der Waals surface area contributed by atoms with Crippen molar-refractivity contribution in [3.05, 3.63) is 47.2 Å². The van der Waals surface area contributed by atoms with Gasteiger partial charge in [0.25, 0.3) is 5.91 Å². The Morgan fingerprint density at radius 3 is 2.56 bits per heavy atom. The molecule has 1 aliphatic rings. The second-order valence-corrected chi connectivity index (χ2v) is 6.31. The summed E-state index contributed by atoms with van der Waals surface area (Å²) in [6.07, 6.45) is 0. The quantitative estimate of drug-likeness (QED) is 0.915. The van der Waals surface area contributed by atoms with Crippen LogP contribution < -0.4 is 5.32 Å². The normalized spacial score (nSPS) is 15.2. The molecule has 2 amide bonds. The molecule has 0 radical (unpaired) electrons. The molecule has 3 rings (SSSR count). The summed E-state index contributed by atoms with van der Waals surface area (Å²) in [5, 5.41) is 6.46. The lowest BCUT2D eigenvalue weighted by Crippen LogP contribution is -2.50. The number of benzene rings is 1. The van der Waals surface area contributed by atoms with Crippen LogP contribution in [0.15, 0.2) is 34.9 Å². The molecule has 1 aliphatic heterocycles. The van der Waals surface area contributed by atoms with Gasteiger partial charge in [-0.3, -0.25) is 14.5 Å².